The maximum absolute atomic E-state index is 16.2. The molecule has 0 aliphatic heterocycles. The number of aliphatic hydroxyl groups is 1. The van der Waals surface area contributed by atoms with Crippen molar-refractivity contribution in [3.8, 4) is 16.9 Å². The molecule has 0 spiro atoms. The van der Waals surface area contributed by atoms with Gasteiger partial charge in [-0.1, -0.05) is 48.9 Å². The quantitative estimate of drug-likeness (QED) is 0.280. The van der Waals surface area contributed by atoms with Crippen LogP contribution in [-0.4, -0.2) is 43.9 Å². The number of nitrogens with one attached hydrogen (secondary N) is 2. The normalized spacial score (nSPS) is 21.9. The van der Waals surface area contributed by atoms with Crippen molar-refractivity contribution < 1.29 is 23.4 Å². The summed E-state index contributed by atoms with van der Waals surface area (Å²) in [5, 5.41) is 15.4. The number of hydrogen-bond donors (Lipinski definition) is 3. The summed E-state index contributed by atoms with van der Waals surface area (Å²) in [5.74, 6) is -1.41. The average molecular weight is 583 g/mol. The number of halogens is 3. The topological polar surface area (TPSA) is 70.6 Å². The Balaban J connectivity index is 1.63. The largest absolute Gasteiger partial charge is 0.488 e. The van der Waals surface area contributed by atoms with Gasteiger partial charge in [-0.25, -0.2) is 8.78 Å². The summed E-state index contributed by atoms with van der Waals surface area (Å²) < 4.78 is 37.1. The second kappa shape index (κ2) is 12.5. The third-order valence-electron chi connectivity index (χ3n) is 8.77. The van der Waals surface area contributed by atoms with E-state index in [0.717, 1.165) is 35.4 Å². The number of carbonyl (C=O) groups is 1. The monoisotopic (exact) mass is 582 g/mol. The van der Waals surface area contributed by atoms with Crippen molar-refractivity contribution >= 4 is 17.5 Å². The molecule has 3 aromatic carbocycles. The lowest BCUT2D eigenvalue weighted by molar-refractivity contribution is 0.0963. The molecule has 3 aromatic rings. The highest BCUT2D eigenvalue weighted by molar-refractivity contribution is 6.34. The summed E-state index contributed by atoms with van der Waals surface area (Å²) in [6.45, 7) is 2.53. The summed E-state index contributed by atoms with van der Waals surface area (Å²) in [4.78, 5) is 12.9. The number of amides is 1. The molecule has 1 atom stereocenters. The minimum atomic E-state index is -0.819. The molecule has 3 N–H and O–H groups in total. The predicted molar refractivity (Wildman–Crippen MR) is 158 cm³/mol. The minimum Gasteiger partial charge on any atom is -0.488 e. The fourth-order valence-corrected chi connectivity index (χ4v) is 6.78. The molecular weight excluding hydrogens is 546 g/mol. The Bertz CT molecular complexity index is 1410. The summed E-state index contributed by atoms with van der Waals surface area (Å²) in [7, 11) is 1.45. The molecule has 1 amide bonds. The molecule has 0 saturated heterocycles. The van der Waals surface area contributed by atoms with E-state index in [1.54, 1.807) is 0 Å². The van der Waals surface area contributed by atoms with E-state index in [1.165, 1.54) is 38.1 Å². The van der Waals surface area contributed by atoms with Crippen LogP contribution in [0.2, 0.25) is 5.02 Å². The third kappa shape index (κ3) is 5.85. The van der Waals surface area contributed by atoms with E-state index < -0.39 is 23.0 Å². The zero-order chi connectivity index (χ0) is 29.1. The Morgan fingerprint density at radius 1 is 1.07 bits per heavy atom. The second-order valence-corrected chi connectivity index (χ2v) is 11.9. The zero-order valence-electron chi connectivity index (χ0n) is 23.5. The number of ether oxygens (including phenoxy) is 1. The molecule has 0 radical (unpaired) electrons. The van der Waals surface area contributed by atoms with Crippen molar-refractivity contribution in [2.24, 2.45) is 5.92 Å². The fourth-order valence-electron chi connectivity index (χ4n) is 6.52. The first kappa shape index (κ1) is 29.5. The van der Waals surface area contributed by atoms with Gasteiger partial charge in [-0.3, -0.25) is 4.79 Å². The van der Waals surface area contributed by atoms with E-state index in [-0.39, 0.29) is 40.7 Å². The van der Waals surface area contributed by atoms with E-state index in [9.17, 15) is 9.90 Å². The van der Waals surface area contributed by atoms with Crippen molar-refractivity contribution in [3.05, 3.63) is 87.4 Å². The molecule has 0 heterocycles. The molecule has 0 aromatic heterocycles. The van der Waals surface area contributed by atoms with Gasteiger partial charge < -0.3 is 20.5 Å². The van der Waals surface area contributed by atoms with E-state index in [1.807, 2.05) is 18.2 Å². The summed E-state index contributed by atoms with van der Waals surface area (Å²) >= 11 is 6.64. The standard InChI is InChI=1S/C33H37ClF2N2O3/c1-20-8-10-23(11-9-20)38-19-33(22-6-4-3-5-7-22)17-21-16-26(35)30(34)28(25(21)18-33)29-24(32(40)37-2)12-13-27(31(29)36)41-15-14-39/h3-7,12-13,16,20,23,38-39H,8-11,14-15,17-19H2,1-2H3,(H,37,40)/t20?,23?,33-/m0/s1. The van der Waals surface area contributed by atoms with Crippen molar-refractivity contribution in [2.75, 3.05) is 26.8 Å². The molecule has 2 aliphatic carbocycles. The highest BCUT2D eigenvalue weighted by Gasteiger charge is 2.42. The first-order valence-corrected chi connectivity index (χ1v) is 14.7. The molecule has 1 saturated carbocycles. The van der Waals surface area contributed by atoms with Crippen LogP contribution in [0.3, 0.4) is 0 Å². The number of rotatable bonds is 9. The van der Waals surface area contributed by atoms with Crippen LogP contribution in [0.1, 0.15) is 59.7 Å². The lowest BCUT2D eigenvalue weighted by atomic mass is 9.76. The average Bonchev–Trinajstić information content (AvgIpc) is 3.36. The van der Waals surface area contributed by atoms with Crippen LogP contribution in [0, 0.1) is 17.6 Å². The first-order chi connectivity index (χ1) is 19.8. The molecule has 5 nitrogen and oxygen atoms in total. The van der Waals surface area contributed by atoms with Gasteiger partial charge in [0.15, 0.2) is 11.6 Å². The van der Waals surface area contributed by atoms with Gasteiger partial charge >= 0.3 is 0 Å². The Labute approximate surface area is 245 Å². The van der Waals surface area contributed by atoms with Crippen LogP contribution >= 0.6 is 11.6 Å². The van der Waals surface area contributed by atoms with Crippen molar-refractivity contribution in [2.45, 2.75) is 56.9 Å². The van der Waals surface area contributed by atoms with Crippen molar-refractivity contribution in [1.82, 2.24) is 10.6 Å². The van der Waals surface area contributed by atoms with Gasteiger partial charge in [0.2, 0.25) is 0 Å². The highest BCUT2D eigenvalue weighted by atomic mass is 35.5. The van der Waals surface area contributed by atoms with Crippen LogP contribution in [-0.2, 0) is 18.3 Å². The molecular formula is C33H37ClF2N2O3. The Morgan fingerprint density at radius 3 is 2.49 bits per heavy atom. The maximum atomic E-state index is 16.2. The fraction of sp³-hybridized carbons (Fsp3) is 0.424. The third-order valence-corrected chi connectivity index (χ3v) is 9.14. The summed E-state index contributed by atoms with van der Waals surface area (Å²) in [5.41, 5.74) is 2.28. The van der Waals surface area contributed by atoms with Gasteiger partial charge in [0, 0.05) is 36.2 Å². The second-order valence-electron chi connectivity index (χ2n) is 11.5. The van der Waals surface area contributed by atoms with E-state index in [2.05, 4.69) is 29.7 Å². The molecule has 1 fully saturated rings. The van der Waals surface area contributed by atoms with Gasteiger partial charge in [0.1, 0.15) is 12.4 Å². The van der Waals surface area contributed by atoms with E-state index in [4.69, 9.17) is 16.3 Å². The zero-order valence-corrected chi connectivity index (χ0v) is 24.3. The molecule has 41 heavy (non-hydrogen) atoms. The van der Waals surface area contributed by atoms with Crippen LogP contribution < -0.4 is 15.4 Å². The van der Waals surface area contributed by atoms with E-state index in [0.29, 0.717) is 25.4 Å². The Hall–Kier alpha value is -3.00. The van der Waals surface area contributed by atoms with Gasteiger partial charge in [-0.05, 0) is 79.3 Å². The summed E-state index contributed by atoms with van der Waals surface area (Å²) in [6.07, 6.45) is 5.65. The summed E-state index contributed by atoms with van der Waals surface area (Å²) in [6, 6.07) is 14.8. The molecule has 5 rings (SSSR count). The SMILES string of the molecule is CNC(=O)c1ccc(OCCO)c(F)c1-c1c(Cl)c(F)cc2c1C[C@@](CNC1CCC(C)CC1)(c1ccccc1)C2. The lowest BCUT2D eigenvalue weighted by Gasteiger charge is -2.34. The smallest absolute Gasteiger partial charge is 0.251 e. The van der Waals surface area contributed by atoms with Gasteiger partial charge in [0.05, 0.1) is 17.2 Å². The van der Waals surface area contributed by atoms with Gasteiger partial charge in [0.25, 0.3) is 5.91 Å². The maximum Gasteiger partial charge on any atom is 0.251 e. The molecule has 0 unspecified atom stereocenters. The number of hydrogen-bond acceptors (Lipinski definition) is 4. The Morgan fingerprint density at radius 2 is 1.80 bits per heavy atom. The number of carbonyl (C=O) groups excluding carboxylic acids is 1. The minimum absolute atomic E-state index is 0.0303. The lowest BCUT2D eigenvalue weighted by Crippen LogP contribution is -2.44. The number of benzene rings is 3. The number of aliphatic hydroxyl groups excluding tert-OH is 1. The molecule has 218 valence electrons. The molecule has 2 aliphatic rings. The molecule has 0 bridgehead atoms. The highest BCUT2D eigenvalue weighted by Crippen LogP contribution is 2.49. The van der Waals surface area contributed by atoms with Gasteiger partial charge in [-0.15, -0.1) is 0 Å². The Kier molecular flexibility index (Phi) is 8.97. The van der Waals surface area contributed by atoms with Crippen LogP contribution in [0.4, 0.5) is 8.78 Å². The predicted octanol–water partition coefficient (Wildman–Crippen LogP) is 6.22. The van der Waals surface area contributed by atoms with Gasteiger partial charge in [-0.2, -0.15) is 0 Å². The van der Waals surface area contributed by atoms with Crippen molar-refractivity contribution in [3.63, 3.8) is 0 Å². The van der Waals surface area contributed by atoms with E-state index >= 15 is 8.78 Å². The van der Waals surface area contributed by atoms with Crippen molar-refractivity contribution in [1.29, 1.82) is 0 Å². The first-order valence-electron chi connectivity index (χ1n) is 14.3. The molecule has 8 heteroatoms. The van der Waals surface area contributed by atoms with Crippen LogP contribution in [0.5, 0.6) is 5.75 Å². The number of fused-ring (bicyclic) bond motifs is 1. The van der Waals surface area contributed by atoms with Crippen LogP contribution in [0.25, 0.3) is 11.1 Å². The van der Waals surface area contributed by atoms with Crippen LogP contribution in [0.15, 0.2) is 48.5 Å².